The molecule has 1 aromatic heterocycles. The van der Waals surface area contributed by atoms with Crippen molar-refractivity contribution in [1.82, 2.24) is 25.4 Å². The number of hydrogen-bond donors (Lipinski definition) is 2. The Bertz CT molecular complexity index is 591. The topological polar surface area (TPSA) is 76.4 Å². The summed E-state index contributed by atoms with van der Waals surface area (Å²) in [6, 6.07) is 9.87. The number of guanidine groups is 1. The second kappa shape index (κ2) is 14.3. The van der Waals surface area contributed by atoms with Gasteiger partial charge in [-0.2, -0.15) is 0 Å². The summed E-state index contributed by atoms with van der Waals surface area (Å²) in [6.45, 7) is 6.18. The molecule has 0 aliphatic carbocycles. The van der Waals surface area contributed by atoms with Gasteiger partial charge in [-0.1, -0.05) is 18.2 Å². The first-order valence-electron chi connectivity index (χ1n) is 8.91. The van der Waals surface area contributed by atoms with Gasteiger partial charge in [-0.15, -0.1) is 34.2 Å². The highest BCUT2D eigenvalue weighted by Gasteiger charge is 1.98. The normalized spacial score (nSPS) is 10.9. The average molecular weight is 472 g/mol. The van der Waals surface area contributed by atoms with Crippen LogP contribution in [0.3, 0.4) is 0 Å². The quantitative estimate of drug-likeness (QED) is 0.228. The zero-order valence-electron chi connectivity index (χ0n) is 15.3. The Labute approximate surface area is 172 Å². The van der Waals surface area contributed by atoms with E-state index in [4.69, 9.17) is 4.74 Å². The number of rotatable bonds is 11. The molecule has 0 aliphatic heterocycles. The molecule has 144 valence electrons. The average Bonchev–Trinajstić information content (AvgIpc) is 3.15. The minimum absolute atomic E-state index is 0. The van der Waals surface area contributed by atoms with Gasteiger partial charge in [-0.05, 0) is 31.9 Å². The van der Waals surface area contributed by atoms with Gasteiger partial charge in [0.15, 0.2) is 5.96 Å². The van der Waals surface area contributed by atoms with Crippen LogP contribution in [0.5, 0.6) is 5.75 Å². The van der Waals surface area contributed by atoms with E-state index >= 15 is 0 Å². The third-order valence-corrected chi connectivity index (χ3v) is 3.53. The van der Waals surface area contributed by atoms with E-state index in [-0.39, 0.29) is 24.0 Å². The number of nitrogens with one attached hydrogen (secondary N) is 2. The van der Waals surface area contributed by atoms with Crippen LogP contribution in [0.15, 0.2) is 48.0 Å². The molecule has 2 aromatic rings. The lowest BCUT2D eigenvalue weighted by Gasteiger charge is -2.11. The minimum atomic E-state index is 0. The van der Waals surface area contributed by atoms with Crippen LogP contribution < -0.4 is 15.4 Å². The van der Waals surface area contributed by atoms with Crippen molar-refractivity contribution < 1.29 is 4.74 Å². The predicted molar refractivity (Wildman–Crippen MR) is 115 cm³/mol. The van der Waals surface area contributed by atoms with Crippen molar-refractivity contribution in [1.29, 1.82) is 0 Å². The van der Waals surface area contributed by atoms with E-state index in [2.05, 4.69) is 32.7 Å². The molecule has 0 bridgehead atoms. The van der Waals surface area contributed by atoms with Crippen molar-refractivity contribution in [3.05, 3.63) is 43.0 Å². The molecular formula is C18H29IN6O. The lowest BCUT2D eigenvalue weighted by Crippen LogP contribution is -2.38. The summed E-state index contributed by atoms with van der Waals surface area (Å²) in [5, 5.41) is 14.2. The van der Waals surface area contributed by atoms with E-state index in [0.717, 1.165) is 57.2 Å². The van der Waals surface area contributed by atoms with Gasteiger partial charge in [0.1, 0.15) is 18.4 Å². The molecule has 2 rings (SSSR count). The lowest BCUT2D eigenvalue weighted by molar-refractivity contribution is 0.313. The molecule has 8 heteroatoms. The van der Waals surface area contributed by atoms with Gasteiger partial charge < -0.3 is 19.9 Å². The molecule has 0 atom stereocenters. The minimum Gasteiger partial charge on any atom is -0.494 e. The molecule has 0 unspecified atom stereocenters. The third kappa shape index (κ3) is 9.59. The van der Waals surface area contributed by atoms with Crippen LogP contribution in [-0.2, 0) is 6.54 Å². The van der Waals surface area contributed by atoms with Crippen molar-refractivity contribution in [2.24, 2.45) is 4.99 Å². The van der Waals surface area contributed by atoms with E-state index in [0.29, 0.717) is 6.61 Å². The van der Waals surface area contributed by atoms with Crippen molar-refractivity contribution >= 4 is 29.9 Å². The summed E-state index contributed by atoms with van der Waals surface area (Å²) >= 11 is 0. The summed E-state index contributed by atoms with van der Waals surface area (Å²) < 4.78 is 7.67. The van der Waals surface area contributed by atoms with Gasteiger partial charge in [0.2, 0.25) is 0 Å². The van der Waals surface area contributed by atoms with E-state index < -0.39 is 0 Å². The van der Waals surface area contributed by atoms with Crippen LogP contribution in [-0.4, -0.2) is 47.0 Å². The molecule has 0 fully saturated rings. The Morgan fingerprint density at radius 3 is 2.58 bits per heavy atom. The monoisotopic (exact) mass is 472 g/mol. The third-order valence-electron chi connectivity index (χ3n) is 3.53. The van der Waals surface area contributed by atoms with Crippen molar-refractivity contribution in [3.8, 4) is 5.75 Å². The molecule has 0 saturated carbocycles. The summed E-state index contributed by atoms with van der Waals surface area (Å²) in [5.74, 6) is 1.77. The number of nitrogens with zero attached hydrogens (tertiary/aromatic N) is 4. The smallest absolute Gasteiger partial charge is 0.191 e. The molecule has 1 heterocycles. The van der Waals surface area contributed by atoms with Crippen LogP contribution in [0, 0.1) is 0 Å². The summed E-state index contributed by atoms with van der Waals surface area (Å²) in [7, 11) is 0. The fraction of sp³-hybridized carbons (Fsp3) is 0.500. The molecule has 7 nitrogen and oxygen atoms in total. The second-order valence-corrected chi connectivity index (χ2v) is 5.61. The van der Waals surface area contributed by atoms with E-state index in [1.807, 2.05) is 34.9 Å². The molecule has 26 heavy (non-hydrogen) atoms. The van der Waals surface area contributed by atoms with Crippen molar-refractivity contribution in [2.45, 2.75) is 32.7 Å². The van der Waals surface area contributed by atoms with Gasteiger partial charge in [-0.25, -0.2) is 0 Å². The van der Waals surface area contributed by atoms with Crippen molar-refractivity contribution in [2.75, 3.05) is 26.2 Å². The summed E-state index contributed by atoms with van der Waals surface area (Å²) in [4.78, 5) is 4.58. The maximum atomic E-state index is 5.67. The number of aliphatic imine (C=N–C) groups is 1. The predicted octanol–water partition coefficient (Wildman–Crippen LogP) is 2.70. The molecule has 1 aromatic carbocycles. The van der Waals surface area contributed by atoms with E-state index in [9.17, 15) is 0 Å². The number of hydrogen-bond acceptors (Lipinski definition) is 4. The lowest BCUT2D eigenvalue weighted by atomic mass is 10.3. The van der Waals surface area contributed by atoms with Crippen LogP contribution in [0.4, 0.5) is 0 Å². The Kier molecular flexibility index (Phi) is 12.2. The van der Waals surface area contributed by atoms with Gasteiger partial charge >= 0.3 is 0 Å². The van der Waals surface area contributed by atoms with Crippen LogP contribution >= 0.6 is 24.0 Å². The molecule has 0 saturated heterocycles. The molecule has 2 N–H and O–H groups in total. The molecular weight excluding hydrogens is 443 g/mol. The van der Waals surface area contributed by atoms with Gasteiger partial charge in [0, 0.05) is 32.6 Å². The van der Waals surface area contributed by atoms with E-state index in [1.165, 1.54) is 0 Å². The number of halogens is 1. The highest BCUT2D eigenvalue weighted by molar-refractivity contribution is 14.0. The number of ether oxygens (including phenoxy) is 1. The highest BCUT2D eigenvalue weighted by atomic mass is 127. The van der Waals surface area contributed by atoms with E-state index in [1.54, 1.807) is 12.7 Å². The number of aromatic nitrogens is 3. The standard InChI is InChI=1S/C18H28N6O.HI/c1-2-19-18(20-11-6-7-13-24-15-22-23-16-24)21-12-8-14-25-17-9-4-3-5-10-17;/h3-5,9-10,15-16H,2,6-8,11-14H2,1H3,(H2,19,20,21);1H. The Balaban J connectivity index is 0.00000338. The van der Waals surface area contributed by atoms with Gasteiger partial charge in [-0.3, -0.25) is 4.99 Å². The molecule has 0 amide bonds. The number of aryl methyl sites for hydroxylation is 1. The Morgan fingerprint density at radius 1 is 1.08 bits per heavy atom. The zero-order chi connectivity index (χ0) is 17.6. The largest absolute Gasteiger partial charge is 0.494 e. The summed E-state index contributed by atoms with van der Waals surface area (Å²) in [5.41, 5.74) is 0. The Morgan fingerprint density at radius 2 is 1.85 bits per heavy atom. The number of benzene rings is 1. The Hall–Kier alpha value is -1.84. The van der Waals surface area contributed by atoms with Crippen molar-refractivity contribution in [3.63, 3.8) is 0 Å². The van der Waals surface area contributed by atoms with Crippen LogP contribution in [0.2, 0.25) is 0 Å². The molecule has 0 spiro atoms. The zero-order valence-corrected chi connectivity index (χ0v) is 17.6. The second-order valence-electron chi connectivity index (χ2n) is 5.61. The highest BCUT2D eigenvalue weighted by Crippen LogP contribution is 2.08. The molecule has 0 radical (unpaired) electrons. The number of unbranched alkanes of at least 4 members (excludes halogenated alkanes) is 1. The first-order valence-corrected chi connectivity index (χ1v) is 8.91. The first-order chi connectivity index (χ1) is 12.4. The van der Waals surface area contributed by atoms with Gasteiger partial charge in [0.05, 0.1) is 6.61 Å². The molecule has 0 aliphatic rings. The van der Waals surface area contributed by atoms with Gasteiger partial charge in [0.25, 0.3) is 0 Å². The summed E-state index contributed by atoms with van der Waals surface area (Å²) in [6.07, 6.45) is 6.53. The first kappa shape index (κ1) is 22.2. The fourth-order valence-corrected chi connectivity index (χ4v) is 2.27. The maximum Gasteiger partial charge on any atom is 0.191 e. The van der Waals surface area contributed by atoms with Crippen LogP contribution in [0.1, 0.15) is 26.2 Å². The SMILES string of the molecule is CCNC(=NCCCOc1ccccc1)NCCCCn1cnnc1.I. The maximum absolute atomic E-state index is 5.67. The fourth-order valence-electron chi connectivity index (χ4n) is 2.27. The number of para-hydroxylation sites is 1. The van der Waals surface area contributed by atoms with Crippen LogP contribution in [0.25, 0.3) is 0 Å².